The number of ether oxygens (including phenoxy) is 2. The zero-order chi connectivity index (χ0) is 41.2. The molecule has 0 aromatic carbocycles. The number of nitrogens with two attached hydrogens (primary N) is 2. The molecule has 1 aromatic rings. The lowest BCUT2D eigenvalue weighted by Gasteiger charge is -2.30. The molecule has 3 amide bonds. The summed E-state index contributed by atoms with van der Waals surface area (Å²) in [6, 6.07) is 0.274. The first-order valence-corrected chi connectivity index (χ1v) is 23.9. The number of carbonyl (C=O) groups excluding carboxylic acids is 3. The smallest absolute Gasteiger partial charge is 0.472 e. The van der Waals surface area contributed by atoms with E-state index in [2.05, 4.69) is 10.3 Å². The minimum absolute atomic E-state index is 0.00677. The predicted octanol–water partition coefficient (Wildman–Crippen LogP) is 0.944. The number of methoxy groups -OCH3 is 1. The lowest BCUT2D eigenvalue weighted by atomic mass is 9.81. The van der Waals surface area contributed by atoms with Crippen molar-refractivity contribution in [3.8, 4) is 0 Å². The van der Waals surface area contributed by atoms with Gasteiger partial charge in [0.1, 0.15) is 30.2 Å². The molecule has 8 atom stereocenters. The van der Waals surface area contributed by atoms with Crippen LogP contribution < -0.4 is 22.5 Å². The second-order valence-corrected chi connectivity index (χ2v) is 20.6. The molecule has 5 unspecified atom stereocenters. The fraction of sp³-hybridized carbons (Fsp3) is 0.750. The molecular formula is C32H52N6O14P2S2. The number of thioether (sulfide) groups is 1. The van der Waals surface area contributed by atoms with E-state index in [0.29, 0.717) is 58.0 Å². The van der Waals surface area contributed by atoms with Crippen LogP contribution in [0.4, 0.5) is 5.82 Å². The number of imide groups is 1. The van der Waals surface area contributed by atoms with Crippen molar-refractivity contribution in [2.75, 3.05) is 51.6 Å². The Kier molecular flexibility index (Phi) is 17.5. The molecule has 24 heteroatoms. The topological polar surface area (TPSA) is 294 Å². The molecule has 2 aliphatic heterocycles. The van der Waals surface area contributed by atoms with Gasteiger partial charge >= 0.3 is 19.5 Å². The van der Waals surface area contributed by atoms with Gasteiger partial charge in [0.25, 0.3) is 0 Å². The Morgan fingerprint density at radius 1 is 1.12 bits per heavy atom. The number of hydrogen-bond donors (Lipinski definition) is 6. The normalized spacial score (nSPS) is 28.2. The van der Waals surface area contributed by atoms with E-state index in [-0.39, 0.29) is 54.2 Å². The van der Waals surface area contributed by atoms with E-state index in [9.17, 15) is 38.3 Å². The minimum Gasteiger partial charge on any atom is -0.480 e. The van der Waals surface area contributed by atoms with Crippen molar-refractivity contribution < 1.29 is 61.7 Å². The number of anilines is 1. The van der Waals surface area contributed by atoms with E-state index in [1.165, 1.54) is 30.9 Å². The van der Waals surface area contributed by atoms with Crippen molar-refractivity contribution in [2.45, 2.75) is 93.6 Å². The molecule has 3 aliphatic rings. The SMILES string of the molecule is COC1C(OP(C)(O)=S)[C@@H](COP(=O)(O)OCCCCCCNC(=O)C2CCC(CN3C(=O)CC(SC[C@H](N)C(=O)O)C3=O)CC2)O[C@H]1n1ccc(N)nc1=O. The van der Waals surface area contributed by atoms with Crippen molar-refractivity contribution in [1.82, 2.24) is 19.8 Å². The number of nitrogens with one attached hydrogen (secondary N) is 1. The quantitative estimate of drug-likeness (QED) is 0.0537. The van der Waals surface area contributed by atoms with Gasteiger partial charge in [0.15, 0.2) is 12.7 Å². The van der Waals surface area contributed by atoms with Crippen LogP contribution in [0.2, 0.25) is 0 Å². The Hall–Kier alpha value is -2.33. The highest BCUT2D eigenvalue weighted by Crippen LogP contribution is 2.48. The summed E-state index contributed by atoms with van der Waals surface area (Å²) in [5.74, 6) is -1.81. The number of likely N-dealkylation sites (tertiary alicyclic amines) is 1. The van der Waals surface area contributed by atoms with Crippen molar-refractivity contribution in [3.63, 3.8) is 0 Å². The van der Waals surface area contributed by atoms with Gasteiger partial charge in [-0.2, -0.15) is 4.98 Å². The lowest BCUT2D eigenvalue weighted by molar-refractivity contribution is -0.140. The summed E-state index contributed by atoms with van der Waals surface area (Å²) in [4.78, 5) is 87.0. The Morgan fingerprint density at radius 2 is 1.82 bits per heavy atom. The average Bonchev–Trinajstić information content (AvgIpc) is 3.60. The zero-order valence-electron chi connectivity index (χ0n) is 31.2. The second kappa shape index (κ2) is 21.1. The molecule has 1 aliphatic carbocycles. The standard InChI is InChI=1S/C32H52N6O14P2S2/c1-48-27-26(52-53(2,45)55)22(51-30(27)37-13-11-24(34)36-32(37)44)17-50-54(46,47)49-14-6-4-3-5-12-35-28(40)20-9-7-19(8-10-20)16-38-25(39)15-23(29(38)41)56-18-21(33)31(42)43/h11,13,19-23,26-27,30H,3-10,12,14-18,33H2,1-2H3,(H,35,40)(H,42,43)(H,45,55)(H,46,47)(H2,34,36,44)/t19?,20?,21-,22+,23?,26?,27?,30+,53?/m0/s1. The third-order valence-corrected chi connectivity index (χ3v) is 12.9. The Morgan fingerprint density at radius 3 is 2.46 bits per heavy atom. The second-order valence-electron chi connectivity index (χ2n) is 14.0. The number of rotatable bonds is 22. The van der Waals surface area contributed by atoms with E-state index in [0.717, 1.165) is 22.7 Å². The highest BCUT2D eigenvalue weighted by atomic mass is 32.5. The number of carboxylic acid groups (broad SMARTS) is 1. The molecule has 3 heterocycles. The van der Waals surface area contributed by atoms with Gasteiger partial charge in [-0.15, -0.1) is 11.8 Å². The molecule has 1 aromatic heterocycles. The van der Waals surface area contributed by atoms with Gasteiger partial charge in [-0.3, -0.25) is 37.7 Å². The van der Waals surface area contributed by atoms with Crippen LogP contribution >= 0.6 is 26.1 Å². The molecule has 0 spiro atoms. The van der Waals surface area contributed by atoms with Crippen LogP contribution in [0.15, 0.2) is 17.1 Å². The van der Waals surface area contributed by atoms with Crippen LogP contribution in [0.3, 0.4) is 0 Å². The predicted molar refractivity (Wildman–Crippen MR) is 207 cm³/mol. The fourth-order valence-corrected chi connectivity index (χ4v) is 9.63. The molecule has 0 radical (unpaired) electrons. The summed E-state index contributed by atoms with van der Waals surface area (Å²) in [7, 11) is -3.21. The van der Waals surface area contributed by atoms with E-state index >= 15 is 0 Å². The number of aliphatic carboxylic acids is 1. The molecule has 20 nitrogen and oxygen atoms in total. The van der Waals surface area contributed by atoms with Gasteiger partial charge in [-0.1, -0.05) is 12.8 Å². The number of phosphoric acid groups is 1. The van der Waals surface area contributed by atoms with Crippen LogP contribution in [0.5, 0.6) is 0 Å². The molecule has 56 heavy (non-hydrogen) atoms. The molecule has 2 saturated heterocycles. The van der Waals surface area contributed by atoms with Crippen LogP contribution in [0.1, 0.15) is 64.0 Å². The van der Waals surface area contributed by atoms with Crippen LogP contribution in [-0.4, -0.2) is 128 Å². The molecule has 3 fully saturated rings. The van der Waals surface area contributed by atoms with E-state index < -0.39 is 68.4 Å². The van der Waals surface area contributed by atoms with Crippen molar-refractivity contribution >= 4 is 67.4 Å². The molecule has 8 N–H and O–H groups in total. The molecular weight excluding hydrogens is 818 g/mol. The summed E-state index contributed by atoms with van der Waals surface area (Å²) < 4.78 is 41.2. The number of nitrogens with zero attached hydrogens (tertiary/aromatic N) is 3. The number of amides is 3. The van der Waals surface area contributed by atoms with Crippen LogP contribution in [-0.2, 0) is 58.6 Å². The summed E-state index contributed by atoms with van der Waals surface area (Å²) in [5, 5.41) is 11.3. The van der Waals surface area contributed by atoms with E-state index in [4.69, 9.17) is 51.4 Å². The fourth-order valence-electron chi connectivity index (χ4n) is 6.74. The average molecular weight is 871 g/mol. The summed E-state index contributed by atoms with van der Waals surface area (Å²) in [6.45, 7) is -1.82. The number of aromatic nitrogens is 2. The number of nitrogen functional groups attached to an aromatic ring is 1. The van der Waals surface area contributed by atoms with Gasteiger partial charge < -0.3 is 45.7 Å². The number of carbonyl (C=O) groups is 4. The zero-order valence-corrected chi connectivity index (χ0v) is 34.6. The first-order chi connectivity index (χ1) is 26.4. The summed E-state index contributed by atoms with van der Waals surface area (Å²) in [5.41, 5.74) is 10.4. The van der Waals surface area contributed by atoms with Gasteiger partial charge in [0.2, 0.25) is 17.7 Å². The Balaban J connectivity index is 1.10. The largest absolute Gasteiger partial charge is 0.480 e. The highest BCUT2D eigenvalue weighted by Gasteiger charge is 2.49. The molecule has 316 valence electrons. The summed E-state index contributed by atoms with van der Waals surface area (Å²) in [6.07, 6.45) is 2.31. The van der Waals surface area contributed by atoms with E-state index in [1.54, 1.807) is 0 Å². The first kappa shape index (κ1) is 46.4. The molecule has 1 saturated carbocycles. The minimum atomic E-state index is -4.55. The van der Waals surface area contributed by atoms with Gasteiger partial charge in [0, 0.05) is 51.2 Å². The summed E-state index contributed by atoms with van der Waals surface area (Å²) >= 11 is 6.14. The number of phosphoric ester groups is 1. The highest BCUT2D eigenvalue weighted by molar-refractivity contribution is 8.09. The van der Waals surface area contributed by atoms with Crippen molar-refractivity contribution in [1.29, 1.82) is 0 Å². The van der Waals surface area contributed by atoms with E-state index in [1.807, 2.05) is 0 Å². The van der Waals surface area contributed by atoms with Gasteiger partial charge in [-0.25, -0.2) is 9.36 Å². The van der Waals surface area contributed by atoms with Crippen LogP contribution in [0.25, 0.3) is 0 Å². The maximum atomic E-state index is 12.8. The van der Waals surface area contributed by atoms with Gasteiger partial charge in [0.05, 0.1) is 18.5 Å². The molecule has 0 bridgehead atoms. The molecule has 4 rings (SSSR count). The third kappa shape index (κ3) is 13.6. The monoisotopic (exact) mass is 870 g/mol. The number of carboxylic acids is 1. The Bertz CT molecular complexity index is 1690. The van der Waals surface area contributed by atoms with Crippen molar-refractivity contribution in [3.05, 3.63) is 22.7 Å². The number of hydrogen-bond acceptors (Lipinski definition) is 16. The maximum Gasteiger partial charge on any atom is 0.472 e. The van der Waals surface area contributed by atoms with Crippen LogP contribution in [0, 0.1) is 11.8 Å². The first-order valence-electron chi connectivity index (χ1n) is 18.2. The maximum absolute atomic E-state index is 12.8. The third-order valence-electron chi connectivity index (χ3n) is 9.68. The number of unbranched alkanes of at least 4 members (excludes halogenated alkanes) is 3. The van der Waals surface area contributed by atoms with Crippen molar-refractivity contribution in [2.24, 2.45) is 17.6 Å². The van der Waals surface area contributed by atoms with Gasteiger partial charge in [-0.05, 0) is 62.3 Å². The lowest BCUT2D eigenvalue weighted by Crippen LogP contribution is -2.39. The Labute approximate surface area is 333 Å².